The zero-order chi connectivity index (χ0) is 15.3. The molecule has 0 saturated carbocycles. The summed E-state index contributed by atoms with van der Waals surface area (Å²) >= 11 is 0. The second-order valence-corrected chi connectivity index (χ2v) is 4.92. The van der Waals surface area contributed by atoms with Crippen molar-refractivity contribution in [1.29, 1.82) is 0 Å². The van der Waals surface area contributed by atoms with E-state index < -0.39 is 11.9 Å². The molecule has 0 amide bonds. The fraction of sp³-hybridized carbons (Fsp3) is 0.529. The molecule has 1 rings (SSSR count). The van der Waals surface area contributed by atoms with Gasteiger partial charge in [-0.05, 0) is 12.0 Å². The molecule has 0 bridgehead atoms. The maximum absolute atomic E-state index is 11.4. The molecular formula is C17H24O4. The molecule has 0 atom stereocenters. The first-order valence-electron chi connectivity index (χ1n) is 7.62. The molecule has 21 heavy (non-hydrogen) atoms. The van der Waals surface area contributed by atoms with Gasteiger partial charge in [0.15, 0.2) is 0 Å². The fourth-order valence-corrected chi connectivity index (χ4v) is 1.89. The van der Waals surface area contributed by atoms with Gasteiger partial charge in [0.2, 0.25) is 0 Å². The van der Waals surface area contributed by atoms with Crippen molar-refractivity contribution >= 4 is 11.9 Å². The molecule has 0 heterocycles. The van der Waals surface area contributed by atoms with Crippen LogP contribution in [0.15, 0.2) is 30.3 Å². The molecule has 0 saturated heterocycles. The molecule has 0 aliphatic heterocycles. The summed E-state index contributed by atoms with van der Waals surface area (Å²) in [5, 5.41) is 0. The average Bonchev–Trinajstić information content (AvgIpc) is 2.51. The van der Waals surface area contributed by atoms with Crippen molar-refractivity contribution in [2.75, 3.05) is 13.2 Å². The topological polar surface area (TPSA) is 52.6 Å². The number of rotatable bonds is 9. The monoisotopic (exact) mass is 292 g/mol. The number of hydrogen-bond donors (Lipinski definition) is 0. The van der Waals surface area contributed by atoms with E-state index in [2.05, 4.69) is 6.92 Å². The van der Waals surface area contributed by atoms with Gasteiger partial charge in [-0.3, -0.25) is 0 Å². The molecule has 4 nitrogen and oxygen atoms in total. The standard InChI is InChI=1S/C17H24O4/c1-2-3-4-5-9-13-20-16(18)17(19)21-14-12-15-10-7-6-8-11-15/h6-8,10-11H,2-5,9,12-14H2,1H3. The van der Waals surface area contributed by atoms with Gasteiger partial charge in [0.25, 0.3) is 0 Å². The molecule has 116 valence electrons. The van der Waals surface area contributed by atoms with Crippen LogP contribution in [0.2, 0.25) is 0 Å². The highest BCUT2D eigenvalue weighted by atomic mass is 16.6. The molecule has 1 aromatic rings. The number of carbonyl (C=O) groups is 2. The van der Waals surface area contributed by atoms with Crippen molar-refractivity contribution in [3.8, 4) is 0 Å². The van der Waals surface area contributed by atoms with E-state index in [-0.39, 0.29) is 13.2 Å². The number of unbranched alkanes of at least 4 members (excludes halogenated alkanes) is 4. The molecule has 0 aromatic heterocycles. The second-order valence-electron chi connectivity index (χ2n) is 4.92. The minimum Gasteiger partial charge on any atom is -0.457 e. The van der Waals surface area contributed by atoms with Gasteiger partial charge < -0.3 is 9.47 Å². The second kappa shape index (κ2) is 10.9. The van der Waals surface area contributed by atoms with Gasteiger partial charge in [0.1, 0.15) is 0 Å². The Bertz CT molecular complexity index is 414. The minimum absolute atomic E-state index is 0.189. The molecule has 0 fully saturated rings. The average molecular weight is 292 g/mol. The van der Waals surface area contributed by atoms with Crippen molar-refractivity contribution < 1.29 is 19.1 Å². The molecule has 0 radical (unpaired) electrons. The maximum Gasteiger partial charge on any atom is 0.417 e. The highest BCUT2D eigenvalue weighted by Gasteiger charge is 2.16. The molecule has 4 heteroatoms. The largest absolute Gasteiger partial charge is 0.457 e. The van der Waals surface area contributed by atoms with Crippen LogP contribution in [0.3, 0.4) is 0 Å². The van der Waals surface area contributed by atoms with E-state index in [9.17, 15) is 9.59 Å². The predicted octanol–water partition coefficient (Wildman–Crippen LogP) is 3.29. The van der Waals surface area contributed by atoms with Crippen LogP contribution in [0.4, 0.5) is 0 Å². The van der Waals surface area contributed by atoms with Gasteiger partial charge in [0.05, 0.1) is 13.2 Å². The van der Waals surface area contributed by atoms with Crippen LogP contribution in [0.1, 0.15) is 44.6 Å². The Morgan fingerprint density at radius 3 is 2.14 bits per heavy atom. The van der Waals surface area contributed by atoms with Crippen molar-refractivity contribution in [2.24, 2.45) is 0 Å². The van der Waals surface area contributed by atoms with Crippen molar-refractivity contribution in [3.63, 3.8) is 0 Å². The first-order chi connectivity index (χ1) is 10.2. The fourth-order valence-electron chi connectivity index (χ4n) is 1.89. The maximum atomic E-state index is 11.4. The summed E-state index contributed by atoms with van der Waals surface area (Å²) in [5.74, 6) is -1.79. The van der Waals surface area contributed by atoms with E-state index in [1.54, 1.807) is 0 Å². The lowest BCUT2D eigenvalue weighted by Gasteiger charge is -2.05. The van der Waals surface area contributed by atoms with E-state index in [1.807, 2.05) is 30.3 Å². The normalized spacial score (nSPS) is 10.1. The van der Waals surface area contributed by atoms with Gasteiger partial charge >= 0.3 is 11.9 Å². The van der Waals surface area contributed by atoms with Crippen molar-refractivity contribution in [3.05, 3.63) is 35.9 Å². The Kier molecular flexibility index (Phi) is 8.93. The van der Waals surface area contributed by atoms with Crippen LogP contribution in [-0.4, -0.2) is 25.2 Å². The Morgan fingerprint density at radius 1 is 0.857 bits per heavy atom. The quantitative estimate of drug-likeness (QED) is 0.398. The van der Waals surface area contributed by atoms with E-state index in [1.165, 1.54) is 12.8 Å². The predicted molar refractivity (Wildman–Crippen MR) is 80.8 cm³/mol. The van der Waals surface area contributed by atoms with Crippen LogP contribution < -0.4 is 0 Å². The lowest BCUT2D eigenvalue weighted by Crippen LogP contribution is -2.21. The SMILES string of the molecule is CCCCCCCOC(=O)C(=O)OCCc1ccccc1. The van der Waals surface area contributed by atoms with Crippen LogP contribution in [0, 0.1) is 0 Å². The van der Waals surface area contributed by atoms with E-state index >= 15 is 0 Å². The van der Waals surface area contributed by atoms with Crippen LogP contribution in [0.25, 0.3) is 0 Å². The molecule has 0 aliphatic carbocycles. The zero-order valence-electron chi connectivity index (χ0n) is 12.7. The zero-order valence-corrected chi connectivity index (χ0v) is 12.7. The highest BCUT2D eigenvalue weighted by molar-refractivity contribution is 6.29. The third-order valence-corrected chi connectivity index (χ3v) is 3.11. The smallest absolute Gasteiger partial charge is 0.417 e. The summed E-state index contributed by atoms with van der Waals surface area (Å²) in [6.07, 6.45) is 5.91. The van der Waals surface area contributed by atoms with Crippen molar-refractivity contribution in [1.82, 2.24) is 0 Å². The molecule has 0 N–H and O–H groups in total. The molecule has 0 unspecified atom stereocenters. The van der Waals surface area contributed by atoms with Gasteiger partial charge in [-0.1, -0.05) is 62.9 Å². The summed E-state index contributed by atoms with van der Waals surface area (Å²) < 4.78 is 9.76. The summed E-state index contributed by atoms with van der Waals surface area (Å²) in [6.45, 7) is 2.62. The summed E-state index contributed by atoms with van der Waals surface area (Å²) in [7, 11) is 0. The van der Waals surface area contributed by atoms with Crippen LogP contribution in [-0.2, 0) is 25.5 Å². The summed E-state index contributed by atoms with van der Waals surface area (Å²) in [5.41, 5.74) is 1.06. The van der Waals surface area contributed by atoms with Gasteiger partial charge in [-0.15, -0.1) is 0 Å². The van der Waals surface area contributed by atoms with Crippen LogP contribution in [0.5, 0.6) is 0 Å². The Morgan fingerprint density at radius 2 is 1.48 bits per heavy atom. The number of hydrogen-bond acceptors (Lipinski definition) is 4. The third kappa shape index (κ3) is 8.12. The van der Waals surface area contributed by atoms with Gasteiger partial charge in [-0.25, -0.2) is 9.59 Å². The number of benzene rings is 1. The first-order valence-corrected chi connectivity index (χ1v) is 7.62. The molecule has 0 spiro atoms. The van der Waals surface area contributed by atoms with E-state index in [4.69, 9.17) is 9.47 Å². The van der Waals surface area contributed by atoms with E-state index in [0.29, 0.717) is 6.42 Å². The van der Waals surface area contributed by atoms with Crippen molar-refractivity contribution in [2.45, 2.75) is 45.4 Å². The first kappa shape index (κ1) is 17.2. The molecular weight excluding hydrogens is 268 g/mol. The molecule has 1 aromatic carbocycles. The Balaban J connectivity index is 2.07. The summed E-state index contributed by atoms with van der Waals surface area (Å²) in [4.78, 5) is 22.8. The highest BCUT2D eigenvalue weighted by Crippen LogP contribution is 2.03. The number of ether oxygens (including phenoxy) is 2. The number of carbonyl (C=O) groups excluding carboxylic acids is 2. The minimum atomic E-state index is -0.903. The lowest BCUT2D eigenvalue weighted by molar-refractivity contribution is -0.167. The Hall–Kier alpha value is -1.84. The Labute approximate surface area is 126 Å². The van der Waals surface area contributed by atoms with E-state index in [0.717, 1.165) is 24.8 Å². The summed E-state index contributed by atoms with van der Waals surface area (Å²) in [6, 6.07) is 9.66. The number of esters is 2. The third-order valence-electron chi connectivity index (χ3n) is 3.11. The van der Waals surface area contributed by atoms with Gasteiger partial charge in [0, 0.05) is 6.42 Å². The lowest BCUT2D eigenvalue weighted by atomic mass is 10.2. The van der Waals surface area contributed by atoms with Crippen LogP contribution >= 0.6 is 0 Å². The molecule has 0 aliphatic rings. The van der Waals surface area contributed by atoms with Gasteiger partial charge in [-0.2, -0.15) is 0 Å².